The molecule has 0 aliphatic carbocycles. The maximum Gasteiger partial charge on any atom is 0.277 e. The summed E-state index contributed by atoms with van der Waals surface area (Å²) < 4.78 is 1.41. The van der Waals surface area contributed by atoms with Gasteiger partial charge in [0.05, 0.1) is 11.6 Å². The highest BCUT2D eigenvalue weighted by atomic mass is 16.2. The minimum atomic E-state index is -0.797. The summed E-state index contributed by atoms with van der Waals surface area (Å²) in [4.78, 5) is 45.7. The highest BCUT2D eigenvalue weighted by molar-refractivity contribution is 5.82. The van der Waals surface area contributed by atoms with E-state index in [0.717, 1.165) is 6.42 Å². The molecule has 3 atom stereocenters. The molecule has 166 valence electrons. The second-order valence-corrected chi connectivity index (χ2v) is 8.53. The van der Waals surface area contributed by atoms with Crippen molar-refractivity contribution in [3.8, 4) is 6.07 Å². The predicted octanol–water partition coefficient (Wildman–Crippen LogP) is 1.80. The van der Waals surface area contributed by atoms with Gasteiger partial charge in [-0.1, -0.05) is 20.8 Å². The zero-order valence-electron chi connectivity index (χ0n) is 18.3. The first-order valence-corrected chi connectivity index (χ1v) is 10.9. The van der Waals surface area contributed by atoms with Crippen molar-refractivity contribution < 1.29 is 9.59 Å². The molecule has 0 radical (unpaired) electrons. The summed E-state index contributed by atoms with van der Waals surface area (Å²) in [5, 5.41) is 15.1. The molecule has 1 fully saturated rings. The number of nitrogens with one attached hydrogen (secondary N) is 3. The van der Waals surface area contributed by atoms with Gasteiger partial charge in [-0.2, -0.15) is 5.26 Å². The monoisotopic (exact) mass is 426 g/mol. The van der Waals surface area contributed by atoms with Crippen LogP contribution in [0, 0.1) is 23.2 Å². The highest BCUT2D eigenvalue weighted by Crippen LogP contribution is 2.21. The summed E-state index contributed by atoms with van der Waals surface area (Å²) in [6, 6.07) is 2.26. The van der Waals surface area contributed by atoms with Gasteiger partial charge < -0.3 is 20.2 Å². The first-order valence-electron chi connectivity index (χ1n) is 10.9. The Labute approximate surface area is 181 Å². The Morgan fingerprint density at radius 1 is 1.42 bits per heavy atom. The van der Waals surface area contributed by atoms with E-state index in [4.69, 9.17) is 0 Å². The number of nitriles is 1. The van der Waals surface area contributed by atoms with Gasteiger partial charge in [0.15, 0.2) is 0 Å². The molecule has 9 heteroatoms. The number of rotatable bonds is 8. The van der Waals surface area contributed by atoms with Crippen molar-refractivity contribution in [3.05, 3.63) is 28.4 Å². The smallest absolute Gasteiger partial charge is 0.277 e. The SMILES string of the molecule is CCc1nc2ccn([C@@H](CC(C)C)C(=O)N[C@H](C#N)C[C@@H]3CCCNC3=O)c(=O)c2[nH]1. The van der Waals surface area contributed by atoms with Gasteiger partial charge in [-0.15, -0.1) is 0 Å². The van der Waals surface area contributed by atoms with Gasteiger partial charge in [-0.3, -0.25) is 14.4 Å². The molecule has 0 saturated carbocycles. The van der Waals surface area contributed by atoms with Crippen LogP contribution in [0.25, 0.3) is 11.0 Å². The number of carbonyl (C=O) groups is 2. The molecule has 0 unspecified atom stereocenters. The molecule has 0 aromatic carbocycles. The van der Waals surface area contributed by atoms with Crippen molar-refractivity contribution in [3.63, 3.8) is 0 Å². The summed E-state index contributed by atoms with van der Waals surface area (Å²) >= 11 is 0. The van der Waals surface area contributed by atoms with E-state index in [1.54, 1.807) is 12.3 Å². The van der Waals surface area contributed by atoms with E-state index in [9.17, 15) is 19.6 Å². The van der Waals surface area contributed by atoms with Gasteiger partial charge in [0, 0.05) is 25.1 Å². The summed E-state index contributed by atoms with van der Waals surface area (Å²) in [5.41, 5.74) is 0.627. The molecule has 2 aromatic rings. The van der Waals surface area contributed by atoms with Gasteiger partial charge >= 0.3 is 0 Å². The zero-order valence-corrected chi connectivity index (χ0v) is 18.3. The second-order valence-electron chi connectivity index (χ2n) is 8.53. The van der Waals surface area contributed by atoms with Crippen LogP contribution in [0.15, 0.2) is 17.1 Å². The third kappa shape index (κ3) is 5.13. The van der Waals surface area contributed by atoms with Crippen molar-refractivity contribution in [1.29, 1.82) is 5.26 Å². The number of nitrogens with zero attached hydrogens (tertiary/aromatic N) is 3. The Morgan fingerprint density at radius 2 is 2.19 bits per heavy atom. The van der Waals surface area contributed by atoms with Gasteiger partial charge in [0.1, 0.15) is 23.4 Å². The van der Waals surface area contributed by atoms with E-state index >= 15 is 0 Å². The van der Waals surface area contributed by atoms with Gasteiger partial charge in [0.25, 0.3) is 5.56 Å². The lowest BCUT2D eigenvalue weighted by molar-refractivity contribution is -0.128. The molecule has 3 heterocycles. The molecular weight excluding hydrogens is 396 g/mol. The zero-order chi connectivity index (χ0) is 22.5. The minimum Gasteiger partial charge on any atom is -0.356 e. The number of piperidine rings is 1. The Kier molecular flexibility index (Phi) is 7.10. The third-order valence-corrected chi connectivity index (χ3v) is 5.68. The molecule has 1 aliphatic rings. The van der Waals surface area contributed by atoms with Crippen LogP contribution in [0.4, 0.5) is 0 Å². The van der Waals surface area contributed by atoms with Crippen LogP contribution in [-0.2, 0) is 16.0 Å². The van der Waals surface area contributed by atoms with E-state index in [1.807, 2.05) is 20.8 Å². The number of hydrogen-bond acceptors (Lipinski definition) is 5. The number of carbonyl (C=O) groups excluding carboxylic acids is 2. The fourth-order valence-electron chi connectivity index (χ4n) is 4.03. The largest absolute Gasteiger partial charge is 0.356 e. The average molecular weight is 427 g/mol. The molecule has 31 heavy (non-hydrogen) atoms. The lowest BCUT2D eigenvalue weighted by atomic mass is 9.91. The molecule has 2 aromatic heterocycles. The topological polar surface area (TPSA) is 133 Å². The fourth-order valence-corrected chi connectivity index (χ4v) is 4.03. The number of amides is 2. The minimum absolute atomic E-state index is 0.0767. The number of pyridine rings is 1. The van der Waals surface area contributed by atoms with Gasteiger partial charge in [-0.25, -0.2) is 4.98 Å². The number of aryl methyl sites for hydroxylation is 1. The van der Waals surface area contributed by atoms with Crippen molar-refractivity contribution in [2.75, 3.05) is 6.54 Å². The van der Waals surface area contributed by atoms with Crippen LogP contribution < -0.4 is 16.2 Å². The maximum absolute atomic E-state index is 13.2. The molecular formula is C22H30N6O3. The maximum atomic E-state index is 13.2. The molecule has 1 saturated heterocycles. The second kappa shape index (κ2) is 9.77. The van der Waals surface area contributed by atoms with Crippen LogP contribution in [-0.4, -0.2) is 38.9 Å². The lowest BCUT2D eigenvalue weighted by Crippen LogP contribution is -2.45. The van der Waals surface area contributed by atoms with E-state index in [0.29, 0.717) is 42.7 Å². The van der Waals surface area contributed by atoms with Crippen molar-refractivity contribution in [2.45, 2.75) is 65.0 Å². The molecule has 2 amide bonds. The van der Waals surface area contributed by atoms with Crippen LogP contribution in [0.5, 0.6) is 0 Å². The van der Waals surface area contributed by atoms with Crippen molar-refractivity contribution in [1.82, 2.24) is 25.2 Å². The molecule has 3 rings (SSSR count). The van der Waals surface area contributed by atoms with Crippen molar-refractivity contribution >= 4 is 22.8 Å². The quantitative estimate of drug-likeness (QED) is 0.592. The number of fused-ring (bicyclic) bond motifs is 1. The lowest BCUT2D eigenvalue weighted by Gasteiger charge is -2.26. The Balaban J connectivity index is 1.84. The van der Waals surface area contributed by atoms with E-state index < -0.39 is 18.0 Å². The van der Waals surface area contributed by atoms with Crippen LogP contribution >= 0.6 is 0 Å². The molecule has 1 aliphatic heterocycles. The highest BCUT2D eigenvalue weighted by Gasteiger charge is 2.29. The number of H-pyrrole nitrogens is 1. The summed E-state index contributed by atoms with van der Waals surface area (Å²) in [6.45, 7) is 6.54. The van der Waals surface area contributed by atoms with E-state index in [2.05, 4.69) is 26.7 Å². The molecule has 0 bridgehead atoms. The number of aromatic amines is 1. The number of hydrogen-bond donors (Lipinski definition) is 3. The van der Waals surface area contributed by atoms with Gasteiger partial charge in [0.2, 0.25) is 11.8 Å². The summed E-state index contributed by atoms with van der Waals surface area (Å²) in [5.74, 6) is 0.0973. The third-order valence-electron chi connectivity index (χ3n) is 5.68. The Morgan fingerprint density at radius 3 is 2.84 bits per heavy atom. The summed E-state index contributed by atoms with van der Waals surface area (Å²) in [7, 11) is 0. The average Bonchev–Trinajstić information content (AvgIpc) is 3.18. The fraction of sp³-hybridized carbons (Fsp3) is 0.591. The van der Waals surface area contributed by atoms with Gasteiger partial charge in [-0.05, 0) is 37.7 Å². The molecule has 3 N–H and O–H groups in total. The Bertz CT molecular complexity index is 1050. The van der Waals surface area contributed by atoms with Crippen molar-refractivity contribution in [2.24, 2.45) is 11.8 Å². The van der Waals surface area contributed by atoms with E-state index in [1.165, 1.54) is 4.57 Å². The van der Waals surface area contributed by atoms with Crippen LogP contribution in [0.3, 0.4) is 0 Å². The number of imidazole rings is 1. The van der Waals surface area contributed by atoms with Crippen LogP contribution in [0.1, 0.15) is 58.3 Å². The molecule has 0 spiro atoms. The molecule has 9 nitrogen and oxygen atoms in total. The standard InChI is InChI=1S/C22H30N6O3/c1-4-18-26-16-7-9-28(22(31)19(16)27-18)17(10-13(2)3)21(30)25-15(12-23)11-14-6-5-8-24-20(14)29/h7,9,13-15,17H,4-6,8,10-11H2,1-3H3,(H,24,29)(H,25,30)(H,26,27)/t14-,15-,17-/m0/s1. The predicted molar refractivity (Wildman–Crippen MR) is 116 cm³/mol. The Hall–Kier alpha value is -3.15. The first-order chi connectivity index (χ1) is 14.8. The number of aromatic nitrogens is 3. The van der Waals surface area contributed by atoms with Crippen LogP contribution in [0.2, 0.25) is 0 Å². The van der Waals surface area contributed by atoms with E-state index in [-0.39, 0.29) is 29.7 Å². The normalized spacial score (nSPS) is 18.4. The first kappa shape index (κ1) is 22.5. The summed E-state index contributed by atoms with van der Waals surface area (Å²) in [6.07, 6.45) is 4.52.